The Bertz CT molecular complexity index is 820. The van der Waals surface area contributed by atoms with Crippen LogP contribution in [0, 0.1) is 22.7 Å². The summed E-state index contributed by atoms with van der Waals surface area (Å²) in [6.07, 6.45) is 5.83. The van der Waals surface area contributed by atoms with Crippen LogP contribution in [0.2, 0.25) is 0 Å². The highest BCUT2D eigenvalue weighted by molar-refractivity contribution is 5.95. The summed E-state index contributed by atoms with van der Waals surface area (Å²) in [4.78, 5) is 33.5. The van der Waals surface area contributed by atoms with Gasteiger partial charge in [-0.1, -0.05) is 27.7 Å². The molecule has 2 unspecified atom stereocenters. The van der Waals surface area contributed by atoms with Gasteiger partial charge in [-0.25, -0.2) is 4.79 Å². The number of hydrogen-bond acceptors (Lipinski definition) is 5. The number of hydrogen-bond donors (Lipinski definition) is 3. The maximum absolute atomic E-state index is 13.6. The molecule has 1 saturated carbocycles. The number of rotatable bonds is 5. The fourth-order valence-electron chi connectivity index (χ4n) is 5.35. The lowest BCUT2D eigenvalue weighted by molar-refractivity contribution is -0.124. The SMILES string of the molecule is CC1CCC(N2CCC(C#N)(NC(=O)C(CC(C)(C)C)NC(=NC(N)=O)N3CCOCC3)C2)CC1. The summed E-state index contributed by atoms with van der Waals surface area (Å²) < 4.78 is 5.41. The highest BCUT2D eigenvalue weighted by Crippen LogP contribution is 2.32. The molecule has 0 aromatic carbocycles. The van der Waals surface area contributed by atoms with Gasteiger partial charge < -0.3 is 26.0 Å². The number of guanidine groups is 1. The van der Waals surface area contributed by atoms with E-state index in [0.29, 0.717) is 51.7 Å². The first-order valence-corrected chi connectivity index (χ1v) is 12.9. The van der Waals surface area contributed by atoms with E-state index in [9.17, 15) is 14.9 Å². The van der Waals surface area contributed by atoms with Crippen molar-refractivity contribution in [3.63, 3.8) is 0 Å². The molecule has 10 heteroatoms. The molecule has 2 saturated heterocycles. The molecule has 3 aliphatic rings. The fourth-order valence-corrected chi connectivity index (χ4v) is 5.35. The lowest BCUT2D eigenvalue weighted by Crippen LogP contribution is -2.59. The molecule has 2 heterocycles. The highest BCUT2D eigenvalue weighted by Gasteiger charge is 2.44. The van der Waals surface area contributed by atoms with Gasteiger partial charge in [-0.3, -0.25) is 9.69 Å². The summed E-state index contributed by atoms with van der Waals surface area (Å²) in [5.41, 5.74) is 4.27. The lowest BCUT2D eigenvalue weighted by Gasteiger charge is -2.36. The van der Waals surface area contributed by atoms with Crippen molar-refractivity contribution >= 4 is 17.9 Å². The van der Waals surface area contributed by atoms with Gasteiger partial charge in [-0.15, -0.1) is 0 Å². The smallest absolute Gasteiger partial charge is 0.341 e. The van der Waals surface area contributed by atoms with Gasteiger partial charge in [0.25, 0.3) is 0 Å². The van der Waals surface area contributed by atoms with Crippen LogP contribution >= 0.6 is 0 Å². The zero-order chi connectivity index (χ0) is 25.6. The van der Waals surface area contributed by atoms with Gasteiger partial charge in [-0.2, -0.15) is 10.3 Å². The molecule has 0 spiro atoms. The molecule has 196 valence electrons. The summed E-state index contributed by atoms with van der Waals surface area (Å²) in [6, 6.07) is 1.41. The van der Waals surface area contributed by atoms with E-state index in [1.807, 2.05) is 4.90 Å². The molecular weight excluding hydrogens is 446 g/mol. The minimum atomic E-state index is -0.919. The lowest BCUT2D eigenvalue weighted by atomic mass is 9.86. The molecule has 2 aliphatic heterocycles. The summed E-state index contributed by atoms with van der Waals surface area (Å²) in [5.74, 6) is 0.785. The van der Waals surface area contributed by atoms with Gasteiger partial charge in [0.1, 0.15) is 11.6 Å². The number of nitriles is 1. The molecule has 0 aromatic rings. The number of urea groups is 1. The Hall–Kier alpha value is -2.38. The van der Waals surface area contributed by atoms with Gasteiger partial charge in [0.2, 0.25) is 11.9 Å². The predicted molar refractivity (Wildman–Crippen MR) is 135 cm³/mol. The van der Waals surface area contributed by atoms with Crippen LogP contribution < -0.4 is 16.4 Å². The van der Waals surface area contributed by atoms with Crippen molar-refractivity contribution < 1.29 is 14.3 Å². The number of carbonyl (C=O) groups is 2. The number of nitrogens with two attached hydrogens (primary N) is 1. The minimum absolute atomic E-state index is 0.182. The maximum Gasteiger partial charge on any atom is 0.341 e. The Morgan fingerprint density at radius 3 is 2.43 bits per heavy atom. The molecule has 2 atom stereocenters. The first kappa shape index (κ1) is 27.2. The number of aliphatic imine (C=N–C) groups is 1. The molecule has 4 N–H and O–H groups in total. The van der Waals surface area contributed by atoms with E-state index in [1.165, 1.54) is 12.8 Å². The number of primary amides is 1. The van der Waals surface area contributed by atoms with E-state index in [-0.39, 0.29) is 17.3 Å². The van der Waals surface area contributed by atoms with Crippen LogP contribution in [-0.4, -0.2) is 84.7 Å². The van der Waals surface area contributed by atoms with E-state index >= 15 is 0 Å². The molecule has 3 rings (SSSR count). The fraction of sp³-hybridized carbons (Fsp3) is 0.840. The number of nitrogens with one attached hydrogen (secondary N) is 2. The zero-order valence-corrected chi connectivity index (χ0v) is 21.8. The van der Waals surface area contributed by atoms with Crippen molar-refractivity contribution in [3.05, 3.63) is 0 Å². The summed E-state index contributed by atoms with van der Waals surface area (Å²) in [7, 11) is 0. The molecule has 3 fully saturated rings. The second-order valence-corrected chi connectivity index (χ2v) is 11.7. The molecule has 1 aliphatic carbocycles. The standard InChI is InChI=1S/C25H43N7O3/c1-18-5-7-19(8-6-18)32-10-9-25(16-26,17-32)30-21(33)20(15-24(2,3)4)28-23(29-22(27)34)31-11-13-35-14-12-31/h18-20H,5-15,17H2,1-4H3,(H,30,33)(H3,27,28,29,34). The number of nitrogens with zero attached hydrogens (tertiary/aromatic N) is 4. The van der Waals surface area contributed by atoms with Crippen molar-refractivity contribution in [2.75, 3.05) is 39.4 Å². The largest absolute Gasteiger partial charge is 0.378 e. The Labute approximate surface area is 209 Å². The predicted octanol–water partition coefficient (Wildman–Crippen LogP) is 1.81. The van der Waals surface area contributed by atoms with Crippen molar-refractivity contribution in [1.29, 1.82) is 5.26 Å². The van der Waals surface area contributed by atoms with Crippen LogP contribution in [-0.2, 0) is 9.53 Å². The van der Waals surface area contributed by atoms with E-state index in [1.54, 1.807) is 0 Å². The molecule has 10 nitrogen and oxygen atoms in total. The van der Waals surface area contributed by atoms with E-state index in [4.69, 9.17) is 10.5 Å². The van der Waals surface area contributed by atoms with Crippen LogP contribution in [0.4, 0.5) is 4.79 Å². The summed E-state index contributed by atoms with van der Waals surface area (Å²) in [5, 5.41) is 16.4. The number of ether oxygens (including phenoxy) is 1. The van der Waals surface area contributed by atoms with Gasteiger partial charge >= 0.3 is 6.03 Å². The zero-order valence-electron chi connectivity index (χ0n) is 21.8. The quantitative estimate of drug-likeness (QED) is 0.396. The van der Waals surface area contributed by atoms with E-state index < -0.39 is 17.6 Å². The number of morpholine rings is 1. The van der Waals surface area contributed by atoms with E-state index in [2.05, 4.69) is 54.3 Å². The van der Waals surface area contributed by atoms with Crippen molar-refractivity contribution in [3.8, 4) is 6.07 Å². The average molecular weight is 490 g/mol. The van der Waals surface area contributed by atoms with Crippen molar-refractivity contribution in [1.82, 2.24) is 20.4 Å². The number of carbonyl (C=O) groups excluding carboxylic acids is 2. The molecule has 3 amide bonds. The summed E-state index contributed by atoms with van der Waals surface area (Å²) in [6.45, 7) is 11.9. The van der Waals surface area contributed by atoms with Gasteiger partial charge in [0.15, 0.2) is 0 Å². The maximum atomic E-state index is 13.6. The van der Waals surface area contributed by atoms with E-state index in [0.717, 1.165) is 25.3 Å². The molecule has 0 aromatic heterocycles. The first-order valence-electron chi connectivity index (χ1n) is 12.9. The Morgan fingerprint density at radius 2 is 1.86 bits per heavy atom. The van der Waals surface area contributed by atoms with Crippen molar-refractivity contribution in [2.45, 2.75) is 83.8 Å². The topological polar surface area (TPSA) is 136 Å². The third-order valence-corrected chi connectivity index (χ3v) is 7.34. The highest BCUT2D eigenvalue weighted by atomic mass is 16.5. The number of amides is 3. The third kappa shape index (κ3) is 7.80. The normalized spacial score (nSPS) is 29.3. The summed E-state index contributed by atoms with van der Waals surface area (Å²) >= 11 is 0. The van der Waals surface area contributed by atoms with Gasteiger partial charge in [0, 0.05) is 32.2 Å². The van der Waals surface area contributed by atoms with Gasteiger partial charge in [-0.05, 0) is 49.9 Å². The molecular formula is C25H43N7O3. The second kappa shape index (κ2) is 11.6. The Balaban J connectivity index is 1.73. The third-order valence-electron chi connectivity index (χ3n) is 7.34. The second-order valence-electron chi connectivity index (χ2n) is 11.7. The van der Waals surface area contributed by atoms with Crippen LogP contribution in [0.5, 0.6) is 0 Å². The van der Waals surface area contributed by atoms with Crippen LogP contribution in [0.1, 0.15) is 66.2 Å². The Morgan fingerprint density at radius 1 is 1.20 bits per heavy atom. The number of likely N-dealkylation sites (tertiary alicyclic amines) is 1. The Kier molecular flexibility index (Phi) is 9.00. The van der Waals surface area contributed by atoms with Gasteiger partial charge in [0.05, 0.1) is 19.3 Å². The van der Waals surface area contributed by atoms with Crippen molar-refractivity contribution in [2.24, 2.45) is 22.1 Å². The van der Waals surface area contributed by atoms with Crippen LogP contribution in [0.3, 0.4) is 0 Å². The minimum Gasteiger partial charge on any atom is -0.378 e. The monoisotopic (exact) mass is 489 g/mol. The van der Waals surface area contributed by atoms with Crippen LogP contribution in [0.25, 0.3) is 0 Å². The molecule has 0 bridgehead atoms. The average Bonchev–Trinajstić information content (AvgIpc) is 3.22. The molecule has 0 radical (unpaired) electrons. The van der Waals surface area contributed by atoms with Crippen LogP contribution in [0.15, 0.2) is 4.99 Å². The first-order chi connectivity index (χ1) is 16.5. The molecule has 35 heavy (non-hydrogen) atoms.